The number of methoxy groups -OCH3 is 1. The number of ether oxygens (including phenoxy) is 3. The Balaban J connectivity index is 1.73. The summed E-state index contributed by atoms with van der Waals surface area (Å²) in [5.74, 6) is -0.162. The van der Waals surface area contributed by atoms with E-state index in [1.165, 1.54) is 14.0 Å². The molecule has 2 heterocycles. The Hall–Kier alpha value is -3.30. The van der Waals surface area contributed by atoms with Crippen molar-refractivity contribution >= 4 is 29.4 Å². The van der Waals surface area contributed by atoms with E-state index >= 15 is 0 Å². The van der Waals surface area contributed by atoms with Crippen LogP contribution >= 0.6 is 0 Å². The summed E-state index contributed by atoms with van der Waals surface area (Å²) in [7, 11) is 1.53. The molecule has 2 amide bonds. The number of hydrogen-bond donors (Lipinski definition) is 2. The van der Waals surface area contributed by atoms with Crippen molar-refractivity contribution in [1.29, 1.82) is 0 Å². The Morgan fingerprint density at radius 3 is 2.63 bits per heavy atom. The van der Waals surface area contributed by atoms with Gasteiger partial charge in [0.2, 0.25) is 11.9 Å². The van der Waals surface area contributed by atoms with Gasteiger partial charge in [0, 0.05) is 12.5 Å². The number of nitrogens with zero attached hydrogens (tertiary/aromatic N) is 2. The van der Waals surface area contributed by atoms with E-state index in [1.807, 2.05) is 6.92 Å². The van der Waals surface area contributed by atoms with Crippen LogP contribution in [0.25, 0.3) is 0 Å². The number of nitrogens with two attached hydrogens (primary N) is 1. The first-order valence-electron chi connectivity index (χ1n) is 9.79. The van der Waals surface area contributed by atoms with Gasteiger partial charge in [-0.25, -0.2) is 4.99 Å². The number of primary amides is 1. The van der Waals surface area contributed by atoms with E-state index in [2.05, 4.69) is 10.3 Å². The van der Waals surface area contributed by atoms with Crippen molar-refractivity contribution < 1.29 is 28.6 Å². The number of unbranched alkanes of at least 4 members (excludes halogenated alkanes) is 2. The minimum absolute atomic E-state index is 0.279. The second kappa shape index (κ2) is 9.02. The fraction of sp³-hybridized carbons (Fsp3) is 0.500. The quantitative estimate of drug-likeness (QED) is 0.349. The van der Waals surface area contributed by atoms with Crippen LogP contribution in [0.2, 0.25) is 0 Å². The SMILES string of the molecule is COc1c(OCCCCCOC(C)=O)ccc2c1C(C)N1C(=N2)NC(=O)C1C(N)=O. The third kappa shape index (κ3) is 4.17. The van der Waals surface area contributed by atoms with Gasteiger partial charge in [0.05, 0.1) is 32.1 Å². The summed E-state index contributed by atoms with van der Waals surface area (Å²) in [5.41, 5.74) is 6.78. The summed E-state index contributed by atoms with van der Waals surface area (Å²) in [4.78, 5) is 40.8. The minimum Gasteiger partial charge on any atom is -0.492 e. The van der Waals surface area contributed by atoms with Crippen LogP contribution in [-0.2, 0) is 19.1 Å². The highest BCUT2D eigenvalue weighted by Gasteiger charge is 2.46. The number of carbonyl (C=O) groups is 3. The molecule has 1 aromatic carbocycles. The largest absolute Gasteiger partial charge is 0.492 e. The highest BCUT2D eigenvalue weighted by molar-refractivity contribution is 6.17. The zero-order chi connectivity index (χ0) is 21.8. The molecule has 2 aliphatic heterocycles. The molecule has 2 atom stereocenters. The molecule has 3 rings (SSSR count). The molecule has 10 heteroatoms. The average Bonchev–Trinajstić information content (AvgIpc) is 3.03. The summed E-state index contributed by atoms with van der Waals surface area (Å²) in [6.45, 7) is 4.11. The Bertz CT molecular complexity index is 884. The lowest BCUT2D eigenvalue weighted by Crippen LogP contribution is -2.47. The molecule has 0 aromatic heterocycles. The third-order valence-corrected chi connectivity index (χ3v) is 5.03. The molecule has 1 aromatic rings. The van der Waals surface area contributed by atoms with Gasteiger partial charge >= 0.3 is 5.97 Å². The van der Waals surface area contributed by atoms with E-state index in [0.29, 0.717) is 36.4 Å². The van der Waals surface area contributed by atoms with Crippen molar-refractivity contribution in [2.24, 2.45) is 10.7 Å². The van der Waals surface area contributed by atoms with Gasteiger partial charge in [0.25, 0.3) is 5.91 Å². The number of benzene rings is 1. The molecule has 0 radical (unpaired) electrons. The number of esters is 1. The number of hydrogen-bond acceptors (Lipinski definition) is 8. The number of amides is 2. The third-order valence-electron chi connectivity index (χ3n) is 5.03. The number of nitrogens with one attached hydrogen (secondary N) is 1. The fourth-order valence-electron chi connectivity index (χ4n) is 3.68. The Morgan fingerprint density at radius 1 is 1.23 bits per heavy atom. The van der Waals surface area contributed by atoms with Crippen LogP contribution in [0.15, 0.2) is 17.1 Å². The van der Waals surface area contributed by atoms with E-state index in [-0.39, 0.29) is 12.0 Å². The van der Waals surface area contributed by atoms with Crippen molar-refractivity contribution in [3.05, 3.63) is 17.7 Å². The molecule has 0 bridgehead atoms. The number of carbonyl (C=O) groups excluding carboxylic acids is 3. The van der Waals surface area contributed by atoms with Gasteiger partial charge < -0.3 is 24.8 Å². The van der Waals surface area contributed by atoms with Crippen LogP contribution in [0.3, 0.4) is 0 Å². The molecule has 30 heavy (non-hydrogen) atoms. The van der Waals surface area contributed by atoms with Crippen molar-refractivity contribution in [3.8, 4) is 11.5 Å². The lowest BCUT2D eigenvalue weighted by Gasteiger charge is -2.34. The van der Waals surface area contributed by atoms with Crippen LogP contribution < -0.4 is 20.5 Å². The number of rotatable bonds is 9. The van der Waals surface area contributed by atoms with Crippen molar-refractivity contribution in [3.63, 3.8) is 0 Å². The molecule has 162 valence electrons. The minimum atomic E-state index is -1.13. The zero-order valence-corrected chi connectivity index (χ0v) is 17.3. The van der Waals surface area contributed by atoms with Gasteiger partial charge in [-0.1, -0.05) is 0 Å². The predicted octanol–water partition coefficient (Wildman–Crippen LogP) is 1.16. The zero-order valence-electron chi connectivity index (χ0n) is 17.3. The first kappa shape index (κ1) is 21.4. The summed E-state index contributed by atoms with van der Waals surface area (Å²) in [5, 5.41) is 2.61. The summed E-state index contributed by atoms with van der Waals surface area (Å²) in [6.07, 6.45) is 2.41. The number of fused-ring (bicyclic) bond motifs is 2. The maximum absolute atomic E-state index is 12.2. The van der Waals surface area contributed by atoms with Crippen LogP contribution in [0.5, 0.6) is 11.5 Å². The molecule has 10 nitrogen and oxygen atoms in total. The monoisotopic (exact) mass is 418 g/mol. The maximum Gasteiger partial charge on any atom is 0.302 e. The average molecular weight is 418 g/mol. The van der Waals surface area contributed by atoms with E-state index in [1.54, 1.807) is 17.0 Å². The normalized spacial score (nSPS) is 19.4. The molecule has 2 aliphatic rings. The molecular weight excluding hydrogens is 392 g/mol. The van der Waals surface area contributed by atoms with Crippen LogP contribution in [0.1, 0.15) is 44.7 Å². The van der Waals surface area contributed by atoms with E-state index in [4.69, 9.17) is 19.9 Å². The van der Waals surface area contributed by atoms with Gasteiger partial charge in [0.15, 0.2) is 17.5 Å². The van der Waals surface area contributed by atoms with Gasteiger partial charge in [-0.15, -0.1) is 0 Å². The number of guanidine groups is 1. The standard InChI is InChI=1S/C20H26N4O6/c1-11-15-13(22-20-23-19(27)16(18(21)26)24(11)20)7-8-14(17(15)28-3)30-10-6-4-5-9-29-12(2)25/h7-8,11,16H,4-6,9-10H2,1-3H3,(H2,21,26)(H,22,23,27). The first-order valence-corrected chi connectivity index (χ1v) is 9.79. The van der Waals surface area contributed by atoms with Gasteiger partial charge in [-0.05, 0) is 38.3 Å². The molecule has 0 spiro atoms. The van der Waals surface area contributed by atoms with Crippen LogP contribution in [0.4, 0.5) is 5.69 Å². The second-order valence-corrected chi connectivity index (χ2v) is 7.09. The van der Waals surface area contributed by atoms with Gasteiger partial charge in [-0.3, -0.25) is 19.7 Å². The number of aliphatic imine (C=N–C) groups is 1. The Labute approximate surface area is 174 Å². The first-order chi connectivity index (χ1) is 14.3. The predicted molar refractivity (Wildman–Crippen MR) is 107 cm³/mol. The van der Waals surface area contributed by atoms with Crippen molar-refractivity contribution in [2.45, 2.75) is 45.2 Å². The maximum atomic E-state index is 12.2. The molecule has 3 N–H and O–H groups in total. The van der Waals surface area contributed by atoms with Crippen LogP contribution in [-0.4, -0.2) is 55.0 Å². The summed E-state index contributed by atoms with van der Waals surface area (Å²) < 4.78 is 16.4. The molecule has 0 saturated carbocycles. The second-order valence-electron chi connectivity index (χ2n) is 7.09. The van der Waals surface area contributed by atoms with E-state index < -0.39 is 17.9 Å². The topological polar surface area (TPSA) is 133 Å². The fourth-order valence-corrected chi connectivity index (χ4v) is 3.68. The molecule has 1 saturated heterocycles. The highest BCUT2D eigenvalue weighted by atomic mass is 16.5. The Kier molecular flexibility index (Phi) is 6.43. The van der Waals surface area contributed by atoms with Crippen molar-refractivity contribution in [2.75, 3.05) is 20.3 Å². The van der Waals surface area contributed by atoms with E-state index in [9.17, 15) is 14.4 Å². The summed E-state index contributed by atoms with van der Waals surface area (Å²) >= 11 is 0. The molecule has 0 aliphatic carbocycles. The van der Waals surface area contributed by atoms with Gasteiger partial charge in [0.1, 0.15) is 0 Å². The molecule has 2 unspecified atom stereocenters. The van der Waals surface area contributed by atoms with Gasteiger partial charge in [-0.2, -0.15) is 0 Å². The van der Waals surface area contributed by atoms with Crippen LogP contribution in [0, 0.1) is 0 Å². The van der Waals surface area contributed by atoms with E-state index in [0.717, 1.165) is 24.8 Å². The lowest BCUT2D eigenvalue weighted by molar-refractivity contribution is -0.141. The molecule has 1 fully saturated rings. The summed E-state index contributed by atoms with van der Waals surface area (Å²) in [6, 6.07) is 2.05. The smallest absolute Gasteiger partial charge is 0.302 e. The highest BCUT2D eigenvalue weighted by Crippen LogP contribution is 2.46. The Morgan fingerprint density at radius 2 is 1.97 bits per heavy atom. The molecular formula is C20H26N4O6. The van der Waals surface area contributed by atoms with Crippen molar-refractivity contribution in [1.82, 2.24) is 10.2 Å². The lowest BCUT2D eigenvalue weighted by atomic mass is 10.00.